The molecule has 0 heterocycles. The molecule has 1 aromatic carbocycles. The number of halogens is 1. The summed E-state index contributed by atoms with van der Waals surface area (Å²) in [7, 11) is -3.72. The molecule has 16 heavy (non-hydrogen) atoms. The first kappa shape index (κ1) is 12.3. The lowest BCUT2D eigenvalue weighted by molar-refractivity contribution is 0.664. The van der Waals surface area contributed by atoms with Crippen LogP contribution in [0.1, 0.15) is 0 Å². The first-order valence-electron chi connectivity index (χ1n) is 4.22. The number of hydrogen-bond acceptors (Lipinski definition) is 4. The maximum atomic E-state index is 13.2. The molecule has 1 rings (SSSR count). The molecular formula is C9H11FN4OS. The molecule has 0 aliphatic rings. The van der Waals surface area contributed by atoms with Gasteiger partial charge in [-0.15, -0.1) is 0 Å². The molecule has 0 aromatic heterocycles. The second kappa shape index (κ2) is 4.86. The number of benzene rings is 1. The first-order valence-corrected chi connectivity index (χ1v) is 5.84. The fraction of sp³-hybridized carbons (Fsp3) is 0. The average molecular weight is 242 g/mol. The summed E-state index contributed by atoms with van der Waals surface area (Å²) >= 11 is 0. The van der Waals surface area contributed by atoms with Crippen LogP contribution in [0, 0.1) is 4.78 Å². The van der Waals surface area contributed by atoms with Gasteiger partial charge in [-0.05, 0) is 12.1 Å². The summed E-state index contributed by atoms with van der Waals surface area (Å²) in [5.41, 5.74) is 5.60. The average Bonchev–Trinajstić information content (AvgIpc) is 2.25. The molecule has 0 spiro atoms. The Morgan fingerprint density at radius 2 is 2.00 bits per heavy atom. The molecule has 1 unspecified atom stereocenters. The molecule has 7 heteroatoms. The highest BCUT2D eigenvalue weighted by molar-refractivity contribution is 7.94. The molecule has 86 valence electrons. The zero-order valence-corrected chi connectivity index (χ0v) is 9.08. The van der Waals surface area contributed by atoms with Gasteiger partial charge in [0, 0.05) is 0 Å². The van der Waals surface area contributed by atoms with Gasteiger partial charge in [0.05, 0.1) is 11.9 Å². The van der Waals surface area contributed by atoms with Gasteiger partial charge in [-0.3, -0.25) is 4.99 Å². The highest BCUT2D eigenvalue weighted by atomic mass is 32.2. The standard InChI is InChI=1S/C9H11FN4OS/c10-8(9(11)16(12,13)15)6-14-7-4-2-1-3-5-7/h1-6H,11H2,(H3,12,13,15). The van der Waals surface area contributed by atoms with Gasteiger partial charge in [0.15, 0.2) is 10.9 Å². The molecule has 0 amide bonds. The van der Waals surface area contributed by atoms with E-state index in [0.717, 1.165) is 6.21 Å². The summed E-state index contributed by atoms with van der Waals surface area (Å²) in [6, 6.07) is 8.55. The molecule has 5 nitrogen and oxygen atoms in total. The SMILES string of the molecule is N=S(N)(=O)C(N)=C(F)C=Nc1ccccc1. The summed E-state index contributed by atoms with van der Waals surface area (Å²) in [4.78, 5) is 3.74. The molecule has 0 saturated heterocycles. The number of aliphatic imine (C=N–C) groups is 1. The Balaban J connectivity index is 2.96. The molecule has 0 fully saturated rings. The van der Waals surface area contributed by atoms with E-state index in [1.54, 1.807) is 30.3 Å². The second-order valence-electron chi connectivity index (χ2n) is 2.91. The number of nitrogens with two attached hydrogens (primary N) is 2. The molecule has 5 N–H and O–H groups in total. The van der Waals surface area contributed by atoms with Crippen LogP contribution in [-0.2, 0) is 9.92 Å². The minimum Gasteiger partial charge on any atom is -0.387 e. The highest BCUT2D eigenvalue weighted by Gasteiger charge is 2.08. The summed E-state index contributed by atoms with van der Waals surface area (Å²) in [6.45, 7) is 0. The lowest BCUT2D eigenvalue weighted by Crippen LogP contribution is -2.20. The summed E-state index contributed by atoms with van der Waals surface area (Å²) in [5.74, 6) is -1.06. The fourth-order valence-electron chi connectivity index (χ4n) is 0.854. The molecular weight excluding hydrogens is 231 g/mol. The fourth-order valence-corrected chi connectivity index (χ4v) is 1.20. The van der Waals surface area contributed by atoms with Crippen molar-refractivity contribution in [2.75, 3.05) is 0 Å². The van der Waals surface area contributed by atoms with Gasteiger partial charge in [-0.1, -0.05) is 18.2 Å². The largest absolute Gasteiger partial charge is 0.387 e. The van der Waals surface area contributed by atoms with Crippen molar-refractivity contribution >= 4 is 21.8 Å². The third kappa shape index (κ3) is 3.44. The van der Waals surface area contributed by atoms with Gasteiger partial charge >= 0.3 is 0 Å². The van der Waals surface area contributed by atoms with E-state index in [4.69, 9.17) is 15.7 Å². The molecule has 0 saturated carbocycles. The van der Waals surface area contributed by atoms with Gasteiger partial charge in [-0.2, -0.15) is 0 Å². The zero-order chi connectivity index (χ0) is 12.2. The van der Waals surface area contributed by atoms with Crippen LogP contribution < -0.4 is 10.9 Å². The van der Waals surface area contributed by atoms with E-state index in [9.17, 15) is 8.60 Å². The third-order valence-corrected chi connectivity index (χ3v) is 2.49. The van der Waals surface area contributed by atoms with E-state index in [1.807, 2.05) is 0 Å². The molecule has 0 aliphatic heterocycles. The molecule has 0 radical (unpaired) electrons. The van der Waals surface area contributed by atoms with Crippen LogP contribution in [0.3, 0.4) is 0 Å². The molecule has 0 bridgehead atoms. The van der Waals surface area contributed by atoms with E-state index in [-0.39, 0.29) is 0 Å². The topological polar surface area (TPSA) is 105 Å². The third-order valence-electron chi connectivity index (χ3n) is 1.65. The molecule has 1 atom stereocenters. The first-order chi connectivity index (χ1) is 7.41. The van der Waals surface area contributed by atoms with E-state index >= 15 is 0 Å². The quantitative estimate of drug-likeness (QED) is 0.697. The maximum absolute atomic E-state index is 13.2. The number of rotatable bonds is 3. The van der Waals surface area contributed by atoms with E-state index < -0.39 is 20.8 Å². The zero-order valence-electron chi connectivity index (χ0n) is 8.26. The van der Waals surface area contributed by atoms with Gasteiger partial charge < -0.3 is 5.73 Å². The van der Waals surface area contributed by atoms with Crippen molar-refractivity contribution in [1.82, 2.24) is 0 Å². The predicted octanol–water partition coefficient (Wildman–Crippen LogP) is 1.41. The van der Waals surface area contributed by atoms with Crippen molar-refractivity contribution < 1.29 is 8.60 Å². The lowest BCUT2D eigenvalue weighted by atomic mass is 10.3. The van der Waals surface area contributed by atoms with Gasteiger partial charge in [-0.25, -0.2) is 18.5 Å². The number of nitrogens with one attached hydrogen (secondary N) is 1. The summed E-state index contributed by atoms with van der Waals surface area (Å²) in [6.07, 6.45) is 0.783. The Hall–Kier alpha value is -1.73. The van der Waals surface area contributed by atoms with Crippen molar-refractivity contribution in [2.24, 2.45) is 15.9 Å². The molecule has 1 aromatic rings. The highest BCUT2D eigenvalue weighted by Crippen LogP contribution is 2.11. The van der Waals surface area contributed by atoms with Crippen LogP contribution >= 0.6 is 0 Å². The Kier molecular flexibility index (Phi) is 3.75. The molecule has 0 aliphatic carbocycles. The van der Waals surface area contributed by atoms with Crippen molar-refractivity contribution in [2.45, 2.75) is 0 Å². The van der Waals surface area contributed by atoms with Crippen LogP contribution in [-0.4, -0.2) is 10.4 Å². The van der Waals surface area contributed by atoms with Crippen LogP contribution in [0.2, 0.25) is 0 Å². The Labute approximate surface area is 92.8 Å². The lowest BCUT2D eigenvalue weighted by Gasteiger charge is -1.99. The van der Waals surface area contributed by atoms with Gasteiger partial charge in [0.1, 0.15) is 9.92 Å². The van der Waals surface area contributed by atoms with Crippen molar-refractivity contribution in [3.05, 3.63) is 41.2 Å². The van der Waals surface area contributed by atoms with Crippen LogP contribution in [0.5, 0.6) is 0 Å². The number of nitrogens with zero attached hydrogens (tertiary/aromatic N) is 1. The van der Waals surface area contributed by atoms with E-state index in [2.05, 4.69) is 4.99 Å². The number of allylic oxidation sites excluding steroid dienone is 1. The Morgan fingerprint density at radius 3 is 2.50 bits per heavy atom. The van der Waals surface area contributed by atoms with Crippen LogP contribution in [0.25, 0.3) is 0 Å². The maximum Gasteiger partial charge on any atom is 0.175 e. The van der Waals surface area contributed by atoms with E-state index in [0.29, 0.717) is 5.69 Å². The van der Waals surface area contributed by atoms with Crippen molar-refractivity contribution in [1.29, 1.82) is 4.78 Å². The second-order valence-corrected chi connectivity index (χ2v) is 4.55. The van der Waals surface area contributed by atoms with Gasteiger partial charge in [0.2, 0.25) is 0 Å². The van der Waals surface area contributed by atoms with E-state index in [1.165, 1.54) is 0 Å². The smallest absolute Gasteiger partial charge is 0.175 e. The minimum absolute atomic E-state index is 0.513. The van der Waals surface area contributed by atoms with Crippen molar-refractivity contribution in [3.63, 3.8) is 0 Å². The van der Waals surface area contributed by atoms with Crippen LogP contribution in [0.4, 0.5) is 10.1 Å². The summed E-state index contributed by atoms with van der Waals surface area (Å²) < 4.78 is 31.0. The Morgan fingerprint density at radius 1 is 1.44 bits per heavy atom. The minimum atomic E-state index is -3.72. The monoisotopic (exact) mass is 242 g/mol. The normalized spacial score (nSPS) is 16.9. The summed E-state index contributed by atoms with van der Waals surface area (Å²) in [5, 5.41) is 4.05. The van der Waals surface area contributed by atoms with Gasteiger partial charge in [0.25, 0.3) is 0 Å². The Bertz CT molecular complexity index is 522. The van der Waals surface area contributed by atoms with Crippen LogP contribution in [0.15, 0.2) is 46.2 Å². The number of para-hydroxylation sites is 1. The van der Waals surface area contributed by atoms with Crippen molar-refractivity contribution in [3.8, 4) is 0 Å². The number of hydrogen-bond donors (Lipinski definition) is 3. The predicted molar refractivity (Wildman–Crippen MR) is 62.0 cm³/mol.